The number of carbonyl (C=O) groups excluding carboxylic acids is 2. The number of unbranched alkanes of at least 4 members (excludes halogenated alkanes) is 3. The number of aliphatic hydroxyl groups is 1. The summed E-state index contributed by atoms with van der Waals surface area (Å²) in [7, 11) is 2.61. The maximum atomic E-state index is 12.5. The first-order chi connectivity index (χ1) is 14.8. The third-order valence-corrected chi connectivity index (χ3v) is 22.5. The summed E-state index contributed by atoms with van der Waals surface area (Å²) in [5, 5.41) is 10.6. The summed E-state index contributed by atoms with van der Waals surface area (Å²) in [6.07, 6.45) is 12.5. The summed E-state index contributed by atoms with van der Waals surface area (Å²) in [6, 6.07) is 0. The molecule has 0 radical (unpaired) electrons. The number of esters is 2. The second kappa shape index (κ2) is 14.6. The van der Waals surface area contributed by atoms with Crippen molar-refractivity contribution in [3.05, 3.63) is 12.2 Å². The minimum atomic E-state index is -2.29. The van der Waals surface area contributed by atoms with Crippen molar-refractivity contribution in [3.63, 3.8) is 0 Å². The van der Waals surface area contributed by atoms with Gasteiger partial charge < -0.3 is 0 Å². The van der Waals surface area contributed by atoms with Crippen molar-refractivity contribution < 1.29 is 24.2 Å². The van der Waals surface area contributed by atoms with Gasteiger partial charge in [0, 0.05) is 0 Å². The Bertz CT molecular complexity index is 536. The molecule has 0 amide bonds. The molecular formula is C25H46O5Sn. The summed E-state index contributed by atoms with van der Waals surface area (Å²) in [6.45, 7) is 6.84. The molecule has 0 aromatic heterocycles. The van der Waals surface area contributed by atoms with E-state index in [0.717, 1.165) is 0 Å². The Kier molecular flexibility index (Phi) is 13.4. The Balaban J connectivity index is 3.03. The summed E-state index contributed by atoms with van der Waals surface area (Å²) >= 11 is -2.29. The monoisotopic (exact) mass is 546 g/mol. The van der Waals surface area contributed by atoms with E-state index in [4.69, 9.17) is 9.47 Å². The molecule has 1 saturated carbocycles. The van der Waals surface area contributed by atoms with Crippen LogP contribution >= 0.6 is 0 Å². The Hall–Kier alpha value is -0.561. The van der Waals surface area contributed by atoms with Gasteiger partial charge in [-0.05, 0) is 0 Å². The third-order valence-electron chi connectivity index (χ3n) is 7.21. The van der Waals surface area contributed by atoms with E-state index in [-0.39, 0.29) is 18.8 Å². The number of methoxy groups -OCH3 is 2. The van der Waals surface area contributed by atoms with Gasteiger partial charge in [-0.1, -0.05) is 0 Å². The number of hydrogen-bond acceptors (Lipinski definition) is 5. The van der Waals surface area contributed by atoms with Crippen LogP contribution < -0.4 is 0 Å². The summed E-state index contributed by atoms with van der Waals surface area (Å²) in [5.74, 6) is -1.32. The fourth-order valence-corrected chi connectivity index (χ4v) is 20.3. The number of carbonyl (C=O) groups is 2. The molecule has 180 valence electrons. The van der Waals surface area contributed by atoms with Crippen LogP contribution in [-0.2, 0) is 19.1 Å². The molecule has 0 aliphatic heterocycles. The molecule has 1 N–H and O–H groups in total. The van der Waals surface area contributed by atoms with Gasteiger partial charge in [0.1, 0.15) is 0 Å². The Morgan fingerprint density at radius 3 is 1.87 bits per heavy atom. The van der Waals surface area contributed by atoms with Gasteiger partial charge in [-0.15, -0.1) is 0 Å². The SMILES string of the molecule is CCC[CH2][Sn]([CH2]/C=C/[C@@H]1CC(C(=O)OC)(C(=O)OC)CC[C@H]1O)([CH2]CCC)[CH2]CCC. The molecule has 5 nitrogen and oxygen atoms in total. The standard InChI is InChI=1S/C13H19O5.3C4H9.Sn/c1-4-5-9-8-13(11(15)17-2,12(16)18-3)7-6-10(9)14;3*1-3-4-2;/h4-5,9-10,14H,1,6-8H2,2-3H3;3*1,3-4H2,2H3;/b5-4+;;;;/t9-,10-;;;;/m1..../s1. The van der Waals surface area contributed by atoms with Crippen LogP contribution in [0.2, 0.25) is 17.7 Å². The molecule has 1 fully saturated rings. The molecule has 0 aromatic rings. The van der Waals surface area contributed by atoms with Crippen molar-refractivity contribution in [2.45, 2.75) is 102 Å². The van der Waals surface area contributed by atoms with Crippen LogP contribution in [0.25, 0.3) is 0 Å². The molecular weight excluding hydrogens is 499 g/mol. The van der Waals surface area contributed by atoms with Gasteiger partial charge in [-0.25, -0.2) is 0 Å². The second-order valence-corrected chi connectivity index (χ2v) is 23.5. The van der Waals surface area contributed by atoms with E-state index in [1.807, 2.05) is 0 Å². The van der Waals surface area contributed by atoms with E-state index in [1.165, 1.54) is 70.5 Å². The first-order valence-electron chi connectivity index (χ1n) is 12.4. The number of rotatable bonds is 14. The second-order valence-electron chi connectivity index (χ2n) is 9.48. The van der Waals surface area contributed by atoms with Crippen LogP contribution in [0.4, 0.5) is 0 Å². The van der Waals surface area contributed by atoms with E-state index < -0.39 is 41.8 Å². The van der Waals surface area contributed by atoms with Crippen molar-refractivity contribution in [2.75, 3.05) is 14.2 Å². The number of ether oxygens (including phenoxy) is 2. The van der Waals surface area contributed by atoms with Crippen LogP contribution in [0.1, 0.15) is 78.6 Å². The van der Waals surface area contributed by atoms with Gasteiger partial charge in [0.05, 0.1) is 0 Å². The van der Waals surface area contributed by atoms with Crippen LogP contribution in [0, 0.1) is 11.3 Å². The number of aliphatic hydroxyl groups excluding tert-OH is 1. The Morgan fingerprint density at radius 1 is 0.968 bits per heavy atom. The number of hydrogen-bond donors (Lipinski definition) is 1. The van der Waals surface area contributed by atoms with E-state index in [0.29, 0.717) is 6.42 Å². The predicted octanol–water partition coefficient (Wildman–Crippen LogP) is 5.89. The van der Waals surface area contributed by atoms with Crippen molar-refractivity contribution in [1.29, 1.82) is 0 Å². The fraction of sp³-hybridized carbons (Fsp3) is 0.840. The first kappa shape index (κ1) is 28.5. The molecule has 0 aromatic carbocycles. The zero-order chi connectivity index (χ0) is 23.3. The topological polar surface area (TPSA) is 72.8 Å². The Morgan fingerprint density at radius 2 is 1.45 bits per heavy atom. The van der Waals surface area contributed by atoms with E-state index >= 15 is 0 Å². The molecule has 6 heteroatoms. The molecule has 2 atom stereocenters. The minimum absolute atomic E-state index is 0.223. The van der Waals surface area contributed by atoms with Crippen LogP contribution in [-0.4, -0.2) is 55.7 Å². The zero-order valence-corrected chi connectivity index (χ0v) is 23.4. The van der Waals surface area contributed by atoms with Gasteiger partial charge >= 0.3 is 195 Å². The normalized spacial score (nSPS) is 21.2. The average Bonchev–Trinajstić information content (AvgIpc) is 2.79. The van der Waals surface area contributed by atoms with Gasteiger partial charge in [0.25, 0.3) is 0 Å². The molecule has 0 saturated heterocycles. The molecule has 1 aliphatic rings. The molecule has 0 heterocycles. The van der Waals surface area contributed by atoms with Crippen molar-refractivity contribution in [2.24, 2.45) is 11.3 Å². The first-order valence-corrected chi connectivity index (χ1v) is 20.4. The van der Waals surface area contributed by atoms with Crippen LogP contribution in [0.15, 0.2) is 12.2 Å². The molecule has 0 unspecified atom stereocenters. The van der Waals surface area contributed by atoms with Gasteiger partial charge in [-0.3, -0.25) is 0 Å². The number of allylic oxidation sites excluding steroid dienone is 1. The van der Waals surface area contributed by atoms with E-state index in [2.05, 4.69) is 32.9 Å². The van der Waals surface area contributed by atoms with Gasteiger partial charge in [-0.2, -0.15) is 0 Å². The summed E-state index contributed by atoms with van der Waals surface area (Å²) in [4.78, 5) is 25.0. The van der Waals surface area contributed by atoms with Crippen molar-refractivity contribution >= 4 is 30.3 Å². The molecule has 0 spiro atoms. The van der Waals surface area contributed by atoms with Crippen molar-refractivity contribution in [1.82, 2.24) is 0 Å². The zero-order valence-electron chi connectivity index (χ0n) is 20.6. The predicted molar refractivity (Wildman–Crippen MR) is 129 cm³/mol. The fourth-order valence-electron chi connectivity index (χ4n) is 5.12. The summed E-state index contributed by atoms with van der Waals surface area (Å²) < 4.78 is 15.4. The molecule has 1 rings (SSSR count). The maximum absolute atomic E-state index is 12.5. The Labute approximate surface area is 194 Å². The van der Waals surface area contributed by atoms with Crippen LogP contribution in [0.5, 0.6) is 0 Å². The summed E-state index contributed by atoms with van der Waals surface area (Å²) in [5.41, 5.74) is -1.30. The van der Waals surface area contributed by atoms with E-state index in [9.17, 15) is 14.7 Å². The molecule has 1 aliphatic carbocycles. The quantitative estimate of drug-likeness (QED) is 0.128. The molecule has 0 bridgehead atoms. The van der Waals surface area contributed by atoms with Crippen LogP contribution in [0.3, 0.4) is 0 Å². The van der Waals surface area contributed by atoms with Gasteiger partial charge in [0.2, 0.25) is 0 Å². The average molecular weight is 545 g/mol. The van der Waals surface area contributed by atoms with Crippen molar-refractivity contribution in [3.8, 4) is 0 Å². The third kappa shape index (κ3) is 8.06. The van der Waals surface area contributed by atoms with E-state index in [1.54, 1.807) is 0 Å². The van der Waals surface area contributed by atoms with Gasteiger partial charge in [0.15, 0.2) is 0 Å². The molecule has 31 heavy (non-hydrogen) atoms.